The van der Waals surface area contributed by atoms with Crippen LogP contribution < -0.4 is 0 Å². The van der Waals surface area contributed by atoms with E-state index in [1.54, 1.807) is 13.0 Å². The van der Waals surface area contributed by atoms with Crippen molar-refractivity contribution >= 4 is 12.2 Å². The minimum Gasteiger partial charge on any atom is -0.347 e. The highest BCUT2D eigenvalue weighted by atomic mass is 32.1. The molecular formula is C13H13FN2S. The van der Waals surface area contributed by atoms with E-state index in [0.29, 0.717) is 15.9 Å². The van der Waals surface area contributed by atoms with E-state index in [2.05, 4.69) is 9.97 Å². The van der Waals surface area contributed by atoms with Crippen LogP contribution in [0.3, 0.4) is 0 Å². The second-order valence-corrected chi connectivity index (χ2v) is 4.45. The molecular weight excluding hydrogens is 235 g/mol. The summed E-state index contributed by atoms with van der Waals surface area (Å²) < 4.78 is 14.0. The quantitative estimate of drug-likeness (QED) is 0.776. The Morgan fingerprint density at radius 1 is 1.24 bits per heavy atom. The van der Waals surface area contributed by atoms with Crippen LogP contribution in [0.5, 0.6) is 0 Å². The number of hydrogen-bond acceptors (Lipinski definition) is 2. The highest BCUT2D eigenvalue weighted by Gasteiger charge is 2.10. The van der Waals surface area contributed by atoms with Crippen molar-refractivity contribution in [2.75, 3.05) is 0 Å². The molecule has 1 heterocycles. The second-order valence-electron chi connectivity index (χ2n) is 4.04. The van der Waals surface area contributed by atoms with Crippen LogP contribution in [0.4, 0.5) is 4.39 Å². The first kappa shape index (κ1) is 11.9. The zero-order valence-corrected chi connectivity index (χ0v) is 10.8. The lowest BCUT2D eigenvalue weighted by Crippen LogP contribution is -1.98. The van der Waals surface area contributed by atoms with Crippen molar-refractivity contribution in [1.82, 2.24) is 9.97 Å². The van der Waals surface area contributed by atoms with E-state index >= 15 is 0 Å². The fourth-order valence-electron chi connectivity index (χ4n) is 1.67. The van der Waals surface area contributed by atoms with Crippen LogP contribution in [-0.4, -0.2) is 9.97 Å². The first-order valence-corrected chi connectivity index (χ1v) is 5.74. The van der Waals surface area contributed by atoms with Crippen molar-refractivity contribution in [2.24, 2.45) is 0 Å². The minimum absolute atomic E-state index is 0.239. The number of hydrogen-bond donors (Lipinski definition) is 1. The van der Waals surface area contributed by atoms with Gasteiger partial charge in [0.1, 0.15) is 16.2 Å². The number of H-pyrrole nitrogens is 1. The van der Waals surface area contributed by atoms with Crippen molar-refractivity contribution in [1.29, 1.82) is 0 Å². The molecule has 2 nitrogen and oxygen atoms in total. The maximum Gasteiger partial charge on any atom is 0.130 e. The Bertz CT molecular complexity index is 632. The van der Waals surface area contributed by atoms with Crippen molar-refractivity contribution in [3.05, 3.63) is 45.6 Å². The summed E-state index contributed by atoms with van der Waals surface area (Å²) in [5, 5.41) is 0. The molecule has 1 aromatic heterocycles. The predicted molar refractivity (Wildman–Crippen MR) is 69.0 cm³/mol. The molecule has 4 heteroatoms. The molecule has 0 aliphatic heterocycles. The van der Waals surface area contributed by atoms with E-state index in [9.17, 15) is 4.39 Å². The van der Waals surface area contributed by atoms with Crippen molar-refractivity contribution in [2.45, 2.75) is 20.8 Å². The van der Waals surface area contributed by atoms with Crippen LogP contribution in [0, 0.1) is 31.2 Å². The van der Waals surface area contributed by atoms with Gasteiger partial charge in [-0.25, -0.2) is 9.37 Å². The van der Waals surface area contributed by atoms with Gasteiger partial charge in [-0.05, 0) is 32.4 Å². The fourth-order valence-corrected chi connectivity index (χ4v) is 1.98. The summed E-state index contributed by atoms with van der Waals surface area (Å²) >= 11 is 5.24. The monoisotopic (exact) mass is 248 g/mol. The Balaban J connectivity index is 2.73. The Morgan fingerprint density at radius 2 is 1.94 bits per heavy atom. The first-order valence-electron chi connectivity index (χ1n) is 5.33. The Morgan fingerprint density at radius 3 is 2.65 bits per heavy atom. The van der Waals surface area contributed by atoms with Crippen molar-refractivity contribution in [3.63, 3.8) is 0 Å². The van der Waals surface area contributed by atoms with Gasteiger partial charge in [0.15, 0.2) is 0 Å². The summed E-state index contributed by atoms with van der Waals surface area (Å²) in [5.41, 5.74) is 3.77. The number of aromatic nitrogens is 2. The third-order valence-electron chi connectivity index (χ3n) is 2.86. The van der Waals surface area contributed by atoms with Crippen LogP contribution >= 0.6 is 12.2 Å². The maximum absolute atomic E-state index is 13.5. The molecule has 0 bridgehead atoms. The third kappa shape index (κ3) is 2.13. The van der Waals surface area contributed by atoms with Gasteiger partial charge in [-0.2, -0.15) is 0 Å². The molecule has 1 aromatic carbocycles. The maximum atomic E-state index is 13.5. The average molecular weight is 248 g/mol. The molecule has 88 valence electrons. The molecule has 0 saturated carbocycles. The summed E-state index contributed by atoms with van der Waals surface area (Å²) in [5.74, 6) is -0.239. The van der Waals surface area contributed by atoms with E-state index in [-0.39, 0.29) is 5.82 Å². The SMILES string of the molecule is Cc1nc(-c2cccc(F)c2C)c(=S)[nH]c1C. The summed E-state index contributed by atoms with van der Waals surface area (Å²) in [6, 6.07) is 4.94. The number of halogens is 1. The molecule has 0 radical (unpaired) electrons. The third-order valence-corrected chi connectivity index (χ3v) is 3.16. The van der Waals surface area contributed by atoms with Crippen molar-refractivity contribution in [3.8, 4) is 11.3 Å². The van der Waals surface area contributed by atoms with Gasteiger partial charge in [-0.15, -0.1) is 0 Å². The van der Waals surface area contributed by atoms with Gasteiger partial charge < -0.3 is 4.98 Å². The molecule has 0 amide bonds. The molecule has 1 N–H and O–H groups in total. The Kier molecular flexibility index (Phi) is 3.07. The summed E-state index contributed by atoms with van der Waals surface area (Å²) in [4.78, 5) is 7.52. The Hall–Kier alpha value is -1.55. The van der Waals surface area contributed by atoms with E-state index in [1.165, 1.54) is 6.07 Å². The first-order chi connectivity index (χ1) is 8.00. The number of nitrogens with zero attached hydrogens (tertiary/aromatic N) is 1. The summed E-state index contributed by atoms with van der Waals surface area (Å²) in [7, 11) is 0. The van der Waals surface area contributed by atoms with Crippen molar-refractivity contribution < 1.29 is 4.39 Å². The van der Waals surface area contributed by atoms with Gasteiger partial charge in [0, 0.05) is 11.3 Å². The number of benzene rings is 1. The molecule has 2 rings (SSSR count). The lowest BCUT2D eigenvalue weighted by atomic mass is 10.1. The molecule has 2 aromatic rings. The number of aromatic amines is 1. The van der Waals surface area contributed by atoms with Crippen LogP contribution in [-0.2, 0) is 0 Å². The topological polar surface area (TPSA) is 28.7 Å². The van der Waals surface area contributed by atoms with Gasteiger partial charge in [0.05, 0.1) is 5.69 Å². The zero-order valence-electron chi connectivity index (χ0n) is 9.97. The molecule has 0 atom stereocenters. The standard InChI is InChI=1S/C13H13FN2S/c1-7-10(5-4-6-11(7)14)12-13(17)16-9(3)8(2)15-12/h4-6H,1-3H3,(H,16,17). The highest BCUT2D eigenvalue weighted by molar-refractivity contribution is 7.71. The van der Waals surface area contributed by atoms with E-state index in [1.807, 2.05) is 19.9 Å². The second kappa shape index (κ2) is 4.37. The molecule has 0 aliphatic rings. The smallest absolute Gasteiger partial charge is 0.130 e. The van der Waals surface area contributed by atoms with Gasteiger partial charge in [-0.3, -0.25) is 0 Å². The van der Waals surface area contributed by atoms with Gasteiger partial charge in [0.25, 0.3) is 0 Å². The lowest BCUT2D eigenvalue weighted by Gasteiger charge is -2.08. The summed E-state index contributed by atoms with van der Waals surface area (Å²) in [6.07, 6.45) is 0. The van der Waals surface area contributed by atoms with Crippen LogP contribution in [0.2, 0.25) is 0 Å². The van der Waals surface area contributed by atoms with Crippen LogP contribution in [0.15, 0.2) is 18.2 Å². The molecule has 0 spiro atoms. The zero-order chi connectivity index (χ0) is 12.6. The largest absolute Gasteiger partial charge is 0.347 e. The number of rotatable bonds is 1. The number of nitrogens with one attached hydrogen (secondary N) is 1. The van der Waals surface area contributed by atoms with E-state index in [4.69, 9.17) is 12.2 Å². The molecule has 0 saturated heterocycles. The Labute approximate surface area is 105 Å². The van der Waals surface area contributed by atoms with Gasteiger partial charge in [-0.1, -0.05) is 24.4 Å². The average Bonchev–Trinajstić information content (AvgIpc) is 2.28. The molecule has 0 fully saturated rings. The fraction of sp³-hybridized carbons (Fsp3) is 0.231. The highest BCUT2D eigenvalue weighted by Crippen LogP contribution is 2.24. The van der Waals surface area contributed by atoms with Crippen LogP contribution in [0.25, 0.3) is 11.3 Å². The molecule has 0 unspecified atom stereocenters. The molecule has 17 heavy (non-hydrogen) atoms. The summed E-state index contributed by atoms with van der Waals surface area (Å²) in [6.45, 7) is 5.55. The van der Waals surface area contributed by atoms with E-state index in [0.717, 1.165) is 17.0 Å². The number of aryl methyl sites for hydroxylation is 2. The lowest BCUT2D eigenvalue weighted by molar-refractivity contribution is 0.619. The predicted octanol–water partition coefficient (Wildman–Crippen LogP) is 3.87. The molecule has 0 aliphatic carbocycles. The van der Waals surface area contributed by atoms with Gasteiger partial charge in [0.2, 0.25) is 0 Å². The van der Waals surface area contributed by atoms with E-state index < -0.39 is 0 Å². The normalized spacial score (nSPS) is 10.6. The van der Waals surface area contributed by atoms with Crippen LogP contribution in [0.1, 0.15) is 17.0 Å². The van der Waals surface area contributed by atoms with Gasteiger partial charge >= 0.3 is 0 Å². The minimum atomic E-state index is -0.239.